The molecule has 1 aliphatic heterocycles. The molecule has 6 heteroatoms. The monoisotopic (exact) mass is 212 g/mol. The first-order valence-electron chi connectivity index (χ1n) is 4.69. The lowest BCUT2D eigenvalue weighted by molar-refractivity contribution is -0.00684. The van der Waals surface area contributed by atoms with Gasteiger partial charge in [-0.15, -0.1) is 0 Å². The van der Waals surface area contributed by atoms with Crippen LogP contribution in [-0.2, 0) is 13.8 Å². The Morgan fingerprint density at radius 3 is 2.77 bits per heavy atom. The van der Waals surface area contributed by atoms with Gasteiger partial charge < -0.3 is 14.5 Å². The average Bonchev–Trinajstić information content (AvgIpc) is 2.26. The Bertz CT molecular complexity index is 242. The Labute approximate surface area is 78.7 Å². The third-order valence-corrected chi connectivity index (χ3v) is 2.66. The van der Waals surface area contributed by atoms with Crippen molar-refractivity contribution in [1.29, 1.82) is 0 Å². The lowest BCUT2D eigenvalue weighted by Crippen LogP contribution is -2.29. The molecule has 1 rings (SSSR count). The molecule has 4 atom stereocenters. The molecule has 0 amide bonds. The van der Waals surface area contributed by atoms with E-state index < -0.39 is 26.6 Å². The molecular weight excluding hydrogens is 195 g/mol. The highest BCUT2D eigenvalue weighted by atomic mass is 31.2. The smallest absolute Gasteiger partial charge is 0.375 e. The van der Waals surface area contributed by atoms with Crippen LogP contribution in [0.15, 0.2) is 0 Å². The average molecular weight is 212 g/mol. The fraction of sp³-hybridized carbons (Fsp3) is 1.00. The first-order chi connectivity index (χ1) is 6.29. The van der Waals surface area contributed by atoms with Crippen molar-refractivity contribution in [2.24, 2.45) is 5.92 Å². The second-order valence-electron chi connectivity index (χ2n) is 3.28. The summed E-state index contributed by atoms with van der Waals surface area (Å²) in [6.45, 7) is 2.80. The third kappa shape index (κ3) is 3.37. The van der Waals surface area contributed by atoms with Gasteiger partial charge in [-0.25, -0.2) is 4.57 Å². The molecule has 1 fully saturated rings. The summed E-state index contributed by atoms with van der Waals surface area (Å²) in [5.41, 5.74) is 0. The second kappa shape index (κ2) is 4.07. The number of rotatable bonds is 3. The first-order valence-corrected chi connectivity index (χ1v) is 5.64. The molecular formula is C7H15O5P. The van der Waals surface area contributed by atoms with Crippen LogP contribution in [0.25, 0.3) is 0 Å². The minimum Gasteiger partial charge on any atom is -0.375 e. The SMILES string of the molecule is [3H][C@@H]1C[C@H](C)[C@@H]([C@H](C)OP(=O)(O)O)O1. The molecule has 1 heterocycles. The molecule has 0 radical (unpaired) electrons. The molecule has 1 aliphatic rings. The van der Waals surface area contributed by atoms with Crippen molar-refractivity contribution in [1.82, 2.24) is 0 Å². The molecule has 0 unspecified atom stereocenters. The van der Waals surface area contributed by atoms with Crippen molar-refractivity contribution in [3.05, 3.63) is 0 Å². The van der Waals surface area contributed by atoms with Gasteiger partial charge in [0, 0.05) is 6.58 Å². The van der Waals surface area contributed by atoms with Gasteiger partial charge in [0.05, 0.1) is 13.6 Å². The number of hydrogen-bond donors (Lipinski definition) is 2. The van der Waals surface area contributed by atoms with Crippen LogP contribution in [0.5, 0.6) is 0 Å². The van der Waals surface area contributed by atoms with Crippen LogP contribution < -0.4 is 0 Å². The Morgan fingerprint density at radius 2 is 2.38 bits per heavy atom. The number of phosphoric ester groups is 1. The molecule has 13 heavy (non-hydrogen) atoms. The highest BCUT2D eigenvalue weighted by Crippen LogP contribution is 2.40. The van der Waals surface area contributed by atoms with Gasteiger partial charge in [-0.2, -0.15) is 0 Å². The van der Waals surface area contributed by atoms with Gasteiger partial charge in [0.15, 0.2) is 0 Å². The Kier molecular flexibility index (Phi) is 3.01. The van der Waals surface area contributed by atoms with Crippen molar-refractivity contribution in [2.75, 3.05) is 6.58 Å². The number of hydrogen-bond acceptors (Lipinski definition) is 3. The van der Waals surface area contributed by atoms with Gasteiger partial charge in [-0.1, -0.05) is 6.92 Å². The first kappa shape index (κ1) is 9.62. The molecule has 0 spiro atoms. The highest BCUT2D eigenvalue weighted by Gasteiger charge is 2.33. The van der Waals surface area contributed by atoms with Crippen molar-refractivity contribution in [3.63, 3.8) is 0 Å². The summed E-state index contributed by atoms with van der Waals surface area (Å²) in [5, 5.41) is 0. The summed E-state index contributed by atoms with van der Waals surface area (Å²) in [5.74, 6) is 0.0825. The minimum atomic E-state index is -4.46. The second-order valence-corrected chi connectivity index (χ2v) is 4.47. The molecule has 0 aromatic carbocycles. The quantitative estimate of drug-likeness (QED) is 0.680. The Hall–Kier alpha value is 0.0700. The van der Waals surface area contributed by atoms with Crippen LogP contribution in [0.2, 0.25) is 0 Å². The normalized spacial score (nSPS) is 38.8. The predicted molar refractivity (Wildman–Crippen MR) is 46.1 cm³/mol. The van der Waals surface area contributed by atoms with Crippen LogP contribution >= 0.6 is 7.82 Å². The van der Waals surface area contributed by atoms with Gasteiger partial charge in [0.25, 0.3) is 0 Å². The Balaban J connectivity index is 2.53. The van der Waals surface area contributed by atoms with Gasteiger partial charge in [-0.05, 0) is 19.3 Å². The molecule has 5 nitrogen and oxygen atoms in total. The van der Waals surface area contributed by atoms with Crippen molar-refractivity contribution < 1.29 is 25.0 Å². The molecule has 2 N–H and O–H groups in total. The van der Waals surface area contributed by atoms with Crippen LogP contribution in [0.1, 0.15) is 21.6 Å². The Morgan fingerprint density at radius 1 is 1.77 bits per heavy atom. The van der Waals surface area contributed by atoms with Crippen LogP contribution in [0, 0.1) is 5.92 Å². The van der Waals surface area contributed by atoms with Gasteiger partial charge in [0.1, 0.15) is 0 Å². The zero-order valence-corrected chi connectivity index (χ0v) is 8.48. The summed E-state index contributed by atoms with van der Waals surface area (Å²) >= 11 is 0. The fourth-order valence-electron chi connectivity index (χ4n) is 1.44. The topological polar surface area (TPSA) is 76.0 Å². The van der Waals surface area contributed by atoms with E-state index in [9.17, 15) is 4.57 Å². The summed E-state index contributed by atoms with van der Waals surface area (Å²) in [7, 11) is -4.46. The van der Waals surface area contributed by atoms with Gasteiger partial charge in [0.2, 0.25) is 0 Å². The molecule has 78 valence electrons. The van der Waals surface area contributed by atoms with E-state index in [0.717, 1.165) is 0 Å². The summed E-state index contributed by atoms with van der Waals surface area (Å²) in [6, 6.07) is 0. The fourth-order valence-corrected chi connectivity index (χ4v) is 1.99. The maximum atomic E-state index is 10.6. The van der Waals surface area contributed by atoms with E-state index in [1.54, 1.807) is 0 Å². The summed E-state index contributed by atoms with van der Waals surface area (Å²) in [6.07, 6.45) is -0.536. The molecule has 0 bridgehead atoms. The van der Waals surface area contributed by atoms with E-state index in [1.165, 1.54) is 6.92 Å². The maximum Gasteiger partial charge on any atom is 0.469 e. The summed E-state index contributed by atoms with van der Waals surface area (Å²) in [4.78, 5) is 17.2. The summed E-state index contributed by atoms with van der Waals surface area (Å²) < 4.78 is 27.6. The van der Waals surface area contributed by atoms with Crippen molar-refractivity contribution in [3.8, 4) is 0 Å². The predicted octanol–water partition coefficient (Wildman–Crippen LogP) is 0.909. The zero-order valence-electron chi connectivity index (χ0n) is 8.58. The lowest BCUT2D eigenvalue weighted by Gasteiger charge is -2.22. The highest BCUT2D eigenvalue weighted by molar-refractivity contribution is 7.46. The van der Waals surface area contributed by atoms with Crippen molar-refractivity contribution >= 4 is 7.82 Å². The van der Waals surface area contributed by atoms with E-state index in [4.69, 9.17) is 15.9 Å². The van der Waals surface area contributed by atoms with E-state index in [2.05, 4.69) is 4.52 Å². The minimum absolute atomic E-state index is 0.0825. The molecule has 1 saturated heterocycles. The van der Waals surface area contributed by atoms with Crippen molar-refractivity contribution in [2.45, 2.75) is 32.5 Å². The standard InChI is InChI=1S/C7H15O5P/c1-5-3-4-11-7(5)6(2)12-13(8,9)10/h5-7H,3-4H2,1-2H3,(H2,8,9,10)/t5-,6-,7-/m0/s1/i4T/t4-,5+,6+,7+/m1. The maximum absolute atomic E-state index is 10.6. The molecule has 0 aromatic heterocycles. The lowest BCUT2D eigenvalue weighted by atomic mass is 10.0. The van der Waals surface area contributed by atoms with Crippen LogP contribution in [0.3, 0.4) is 0 Å². The zero-order chi connectivity index (χ0) is 10.9. The van der Waals surface area contributed by atoms with Crippen LogP contribution in [-0.4, -0.2) is 28.6 Å². The van der Waals surface area contributed by atoms with E-state index >= 15 is 0 Å². The van der Waals surface area contributed by atoms with E-state index in [-0.39, 0.29) is 5.92 Å². The van der Waals surface area contributed by atoms with E-state index in [1.807, 2.05) is 6.92 Å². The van der Waals surface area contributed by atoms with E-state index in [0.29, 0.717) is 6.42 Å². The van der Waals surface area contributed by atoms with Crippen LogP contribution in [0.4, 0.5) is 0 Å². The molecule has 0 aliphatic carbocycles. The number of phosphoric acid groups is 1. The number of ether oxygens (including phenoxy) is 1. The molecule has 0 saturated carbocycles. The molecule has 0 aromatic rings. The third-order valence-electron chi connectivity index (χ3n) is 2.05. The van der Waals surface area contributed by atoms with Gasteiger partial charge in [-0.3, -0.25) is 4.52 Å². The van der Waals surface area contributed by atoms with Gasteiger partial charge >= 0.3 is 7.82 Å². The largest absolute Gasteiger partial charge is 0.469 e.